The highest BCUT2D eigenvalue weighted by molar-refractivity contribution is 5.66. The maximum Gasteiger partial charge on any atom is 0.0741 e. The summed E-state index contributed by atoms with van der Waals surface area (Å²) in [5, 5.41) is 0. The van der Waals surface area contributed by atoms with E-state index in [1.165, 1.54) is 0 Å². The summed E-state index contributed by atoms with van der Waals surface area (Å²) in [5.41, 5.74) is 7.23. The molecule has 0 radical (unpaired) electrons. The Labute approximate surface area is 66.2 Å². The smallest absolute Gasteiger partial charge is 0.0741 e. The van der Waals surface area contributed by atoms with Crippen molar-refractivity contribution in [2.45, 2.75) is 0 Å². The number of nitrogens with two attached hydrogens (primary N) is 1. The van der Waals surface area contributed by atoms with Gasteiger partial charge in [0.25, 0.3) is 0 Å². The van der Waals surface area contributed by atoms with Crippen LogP contribution < -0.4 is 10.6 Å². The maximum atomic E-state index is 5.65. The molecule has 0 aliphatic carbocycles. The van der Waals surface area contributed by atoms with Crippen LogP contribution in [-0.4, -0.2) is 12.0 Å². The Balaban J connectivity index is 3.02. The van der Waals surface area contributed by atoms with Crippen LogP contribution in [0.15, 0.2) is 31.2 Å². The standard InChI is InChI=1S/C8H11N3/c1-3-11(2)8-4-5-10-6-7(8)9/h3-6H,1,9H2,2H3. The lowest BCUT2D eigenvalue weighted by molar-refractivity contribution is 1.19. The number of hydrogen-bond donors (Lipinski definition) is 1. The predicted octanol–water partition coefficient (Wildman–Crippen LogP) is 1.24. The van der Waals surface area contributed by atoms with Gasteiger partial charge in [0.15, 0.2) is 0 Å². The molecule has 0 aromatic carbocycles. The van der Waals surface area contributed by atoms with Crippen LogP contribution in [0.5, 0.6) is 0 Å². The fourth-order valence-corrected chi connectivity index (χ4v) is 0.819. The molecule has 0 unspecified atom stereocenters. The van der Waals surface area contributed by atoms with E-state index in [2.05, 4.69) is 11.6 Å². The van der Waals surface area contributed by atoms with Crippen molar-refractivity contribution in [3.05, 3.63) is 31.2 Å². The van der Waals surface area contributed by atoms with Gasteiger partial charge in [-0.25, -0.2) is 0 Å². The van der Waals surface area contributed by atoms with E-state index in [9.17, 15) is 0 Å². The molecule has 3 heteroatoms. The largest absolute Gasteiger partial charge is 0.396 e. The Morgan fingerprint density at radius 3 is 3.00 bits per heavy atom. The minimum Gasteiger partial charge on any atom is -0.396 e. The molecule has 11 heavy (non-hydrogen) atoms. The maximum absolute atomic E-state index is 5.65. The molecule has 1 aromatic rings. The van der Waals surface area contributed by atoms with E-state index < -0.39 is 0 Å². The van der Waals surface area contributed by atoms with E-state index in [1.54, 1.807) is 18.6 Å². The second kappa shape index (κ2) is 3.05. The molecule has 0 bridgehead atoms. The minimum atomic E-state index is 0.662. The lowest BCUT2D eigenvalue weighted by Crippen LogP contribution is -2.09. The number of anilines is 2. The first-order chi connectivity index (χ1) is 5.25. The third-order valence-corrected chi connectivity index (χ3v) is 1.48. The van der Waals surface area contributed by atoms with Gasteiger partial charge in [0.1, 0.15) is 0 Å². The molecule has 1 rings (SSSR count). The number of nitrogens with zero attached hydrogens (tertiary/aromatic N) is 2. The van der Waals surface area contributed by atoms with Crippen molar-refractivity contribution in [1.82, 2.24) is 4.98 Å². The van der Waals surface area contributed by atoms with Crippen molar-refractivity contribution < 1.29 is 0 Å². The second-order valence-electron chi connectivity index (χ2n) is 2.23. The molecule has 58 valence electrons. The van der Waals surface area contributed by atoms with Crippen molar-refractivity contribution in [3.63, 3.8) is 0 Å². The first-order valence-corrected chi connectivity index (χ1v) is 3.30. The molecule has 0 amide bonds. The molecule has 0 aliphatic rings. The van der Waals surface area contributed by atoms with Crippen molar-refractivity contribution in [2.75, 3.05) is 17.7 Å². The van der Waals surface area contributed by atoms with E-state index in [0.717, 1.165) is 5.69 Å². The molecule has 1 heterocycles. The lowest BCUT2D eigenvalue weighted by atomic mass is 10.3. The highest BCUT2D eigenvalue weighted by Gasteiger charge is 1.99. The summed E-state index contributed by atoms with van der Waals surface area (Å²) in [4.78, 5) is 5.72. The van der Waals surface area contributed by atoms with Crippen molar-refractivity contribution in [3.8, 4) is 0 Å². The lowest BCUT2D eigenvalue weighted by Gasteiger charge is -2.14. The van der Waals surface area contributed by atoms with Crippen LogP contribution in [0.1, 0.15) is 0 Å². The second-order valence-corrected chi connectivity index (χ2v) is 2.23. The molecule has 0 saturated carbocycles. The van der Waals surface area contributed by atoms with Gasteiger partial charge in [0.05, 0.1) is 17.6 Å². The SMILES string of the molecule is C=CN(C)c1ccncc1N. The number of pyridine rings is 1. The van der Waals surface area contributed by atoms with Crippen LogP contribution in [0.4, 0.5) is 11.4 Å². The Morgan fingerprint density at radius 1 is 1.73 bits per heavy atom. The van der Waals surface area contributed by atoms with Crippen LogP contribution in [-0.2, 0) is 0 Å². The number of hydrogen-bond acceptors (Lipinski definition) is 3. The Kier molecular flexibility index (Phi) is 2.11. The third-order valence-electron chi connectivity index (χ3n) is 1.48. The number of nitrogen functional groups attached to an aromatic ring is 1. The monoisotopic (exact) mass is 149 g/mol. The Morgan fingerprint density at radius 2 is 2.45 bits per heavy atom. The van der Waals surface area contributed by atoms with E-state index in [0.29, 0.717) is 5.69 Å². The Hall–Kier alpha value is -1.51. The quantitative estimate of drug-likeness (QED) is 0.688. The van der Waals surface area contributed by atoms with E-state index in [-0.39, 0.29) is 0 Å². The highest BCUT2D eigenvalue weighted by atomic mass is 15.1. The highest BCUT2D eigenvalue weighted by Crippen LogP contribution is 2.19. The van der Waals surface area contributed by atoms with Crippen LogP contribution in [0, 0.1) is 0 Å². The zero-order chi connectivity index (χ0) is 8.27. The average molecular weight is 149 g/mol. The summed E-state index contributed by atoms with van der Waals surface area (Å²) in [5.74, 6) is 0. The first kappa shape index (κ1) is 7.60. The van der Waals surface area contributed by atoms with Crippen molar-refractivity contribution in [1.29, 1.82) is 0 Å². The normalized spacial score (nSPS) is 9.18. The van der Waals surface area contributed by atoms with Gasteiger partial charge in [-0.1, -0.05) is 6.58 Å². The zero-order valence-electron chi connectivity index (χ0n) is 6.49. The molecule has 0 aliphatic heterocycles. The average Bonchev–Trinajstić information content (AvgIpc) is 2.04. The van der Waals surface area contributed by atoms with Gasteiger partial charge in [0.2, 0.25) is 0 Å². The molecule has 2 N–H and O–H groups in total. The van der Waals surface area contributed by atoms with Crippen molar-refractivity contribution >= 4 is 11.4 Å². The Bertz CT molecular complexity index is 257. The minimum absolute atomic E-state index is 0.662. The number of aromatic nitrogens is 1. The molecule has 0 spiro atoms. The summed E-state index contributed by atoms with van der Waals surface area (Å²) in [6.07, 6.45) is 5.02. The molecule has 0 fully saturated rings. The summed E-state index contributed by atoms with van der Waals surface area (Å²) >= 11 is 0. The van der Waals surface area contributed by atoms with E-state index in [4.69, 9.17) is 5.73 Å². The molecular weight excluding hydrogens is 138 g/mol. The first-order valence-electron chi connectivity index (χ1n) is 3.30. The summed E-state index contributed by atoms with van der Waals surface area (Å²) in [6, 6.07) is 1.84. The van der Waals surface area contributed by atoms with Crippen LogP contribution in [0.25, 0.3) is 0 Å². The summed E-state index contributed by atoms with van der Waals surface area (Å²) < 4.78 is 0. The van der Waals surface area contributed by atoms with E-state index >= 15 is 0 Å². The summed E-state index contributed by atoms with van der Waals surface area (Å²) in [6.45, 7) is 3.63. The topological polar surface area (TPSA) is 42.2 Å². The van der Waals surface area contributed by atoms with Gasteiger partial charge in [-0.15, -0.1) is 0 Å². The van der Waals surface area contributed by atoms with Gasteiger partial charge in [-0.3, -0.25) is 4.98 Å². The van der Waals surface area contributed by atoms with E-state index in [1.807, 2.05) is 18.0 Å². The zero-order valence-corrected chi connectivity index (χ0v) is 6.49. The van der Waals surface area contributed by atoms with Crippen LogP contribution in [0.2, 0.25) is 0 Å². The van der Waals surface area contributed by atoms with Crippen molar-refractivity contribution in [2.24, 2.45) is 0 Å². The van der Waals surface area contributed by atoms with Crippen LogP contribution in [0.3, 0.4) is 0 Å². The molecule has 0 atom stereocenters. The third kappa shape index (κ3) is 1.49. The van der Waals surface area contributed by atoms with Gasteiger partial charge in [-0.2, -0.15) is 0 Å². The fraction of sp³-hybridized carbons (Fsp3) is 0.125. The van der Waals surface area contributed by atoms with Gasteiger partial charge in [-0.05, 0) is 12.3 Å². The van der Waals surface area contributed by atoms with Gasteiger partial charge >= 0.3 is 0 Å². The van der Waals surface area contributed by atoms with Gasteiger partial charge in [0, 0.05) is 13.2 Å². The molecule has 3 nitrogen and oxygen atoms in total. The fourth-order valence-electron chi connectivity index (χ4n) is 0.819. The predicted molar refractivity (Wildman–Crippen MR) is 47.2 cm³/mol. The molecule has 0 saturated heterocycles. The van der Waals surface area contributed by atoms with Crippen LogP contribution >= 0.6 is 0 Å². The number of rotatable bonds is 2. The molecule has 1 aromatic heterocycles. The summed E-state index contributed by atoms with van der Waals surface area (Å²) in [7, 11) is 1.89. The molecular formula is C8H11N3. The van der Waals surface area contributed by atoms with Gasteiger partial charge < -0.3 is 10.6 Å².